The molecule has 0 aliphatic heterocycles. The summed E-state index contributed by atoms with van der Waals surface area (Å²) in [5.41, 5.74) is 2.61. The van der Waals surface area contributed by atoms with Gasteiger partial charge >= 0.3 is 0 Å². The fraction of sp³-hybridized carbons (Fsp3) is 0.294. The summed E-state index contributed by atoms with van der Waals surface area (Å²) in [6, 6.07) is 17.2. The van der Waals surface area contributed by atoms with Crippen LogP contribution in [0.1, 0.15) is 29.9 Å². The zero-order chi connectivity index (χ0) is 13.9. The Morgan fingerprint density at radius 3 is 2.50 bits per heavy atom. The second-order valence-electron chi connectivity index (χ2n) is 5.36. The van der Waals surface area contributed by atoms with Gasteiger partial charge in [-0.3, -0.25) is 0 Å². The molecule has 2 aromatic carbocycles. The summed E-state index contributed by atoms with van der Waals surface area (Å²) in [5, 5.41) is 4.44. The molecule has 0 radical (unpaired) electrons. The molecule has 0 unspecified atom stereocenters. The molecule has 0 saturated heterocycles. The molecule has 1 aliphatic carbocycles. The molecule has 0 amide bonds. The van der Waals surface area contributed by atoms with Gasteiger partial charge in [-0.2, -0.15) is 0 Å². The first-order valence-electron chi connectivity index (χ1n) is 6.95. The normalized spacial score (nSPS) is 21.5. The maximum absolute atomic E-state index is 6.17. The minimum Gasteiger partial charge on any atom is -0.310 e. The van der Waals surface area contributed by atoms with Gasteiger partial charge < -0.3 is 5.32 Å². The van der Waals surface area contributed by atoms with E-state index < -0.39 is 0 Å². The van der Waals surface area contributed by atoms with E-state index in [-0.39, 0.29) is 0 Å². The Hall–Kier alpha value is -0.830. The molecule has 0 heterocycles. The first-order chi connectivity index (χ1) is 9.74. The highest BCUT2D eigenvalue weighted by molar-refractivity contribution is 9.10. The Morgan fingerprint density at radius 1 is 1.05 bits per heavy atom. The largest absolute Gasteiger partial charge is 0.310 e. The van der Waals surface area contributed by atoms with Crippen LogP contribution in [0, 0.1) is 0 Å². The van der Waals surface area contributed by atoms with Crippen LogP contribution in [0.15, 0.2) is 53.0 Å². The van der Waals surface area contributed by atoms with Crippen LogP contribution in [0.4, 0.5) is 0 Å². The number of rotatable bonds is 4. The molecule has 1 N–H and O–H groups in total. The molecular formula is C17H17BrClN. The van der Waals surface area contributed by atoms with Gasteiger partial charge in [0.2, 0.25) is 0 Å². The van der Waals surface area contributed by atoms with E-state index in [4.69, 9.17) is 11.6 Å². The Kier molecular flexibility index (Phi) is 4.45. The van der Waals surface area contributed by atoms with Crippen LogP contribution in [-0.2, 0) is 6.54 Å². The minimum atomic E-state index is 0.600. The smallest absolute Gasteiger partial charge is 0.0450 e. The van der Waals surface area contributed by atoms with Crippen molar-refractivity contribution in [2.24, 2.45) is 0 Å². The zero-order valence-electron chi connectivity index (χ0n) is 11.2. The molecule has 1 aliphatic rings. The number of hydrogen-bond donors (Lipinski definition) is 1. The lowest BCUT2D eigenvalue weighted by Crippen LogP contribution is -2.39. The van der Waals surface area contributed by atoms with Crippen molar-refractivity contribution in [3.63, 3.8) is 0 Å². The van der Waals surface area contributed by atoms with Gasteiger partial charge in [0.25, 0.3) is 0 Å². The van der Waals surface area contributed by atoms with Gasteiger partial charge in [-0.1, -0.05) is 63.9 Å². The average Bonchev–Trinajstić information content (AvgIpc) is 2.41. The molecule has 3 rings (SSSR count). The van der Waals surface area contributed by atoms with Crippen molar-refractivity contribution in [2.45, 2.75) is 31.3 Å². The van der Waals surface area contributed by atoms with E-state index >= 15 is 0 Å². The average molecular weight is 351 g/mol. The number of nitrogens with one attached hydrogen (secondary N) is 1. The summed E-state index contributed by atoms with van der Waals surface area (Å²) < 4.78 is 1.23. The van der Waals surface area contributed by atoms with E-state index in [2.05, 4.69) is 51.6 Å². The van der Waals surface area contributed by atoms with Gasteiger partial charge in [0.1, 0.15) is 0 Å². The van der Waals surface area contributed by atoms with Crippen molar-refractivity contribution in [3.05, 3.63) is 69.2 Å². The summed E-state index contributed by atoms with van der Waals surface area (Å²) >= 11 is 9.81. The Labute approximate surface area is 133 Å². The minimum absolute atomic E-state index is 0.600. The van der Waals surface area contributed by atoms with E-state index in [0.29, 0.717) is 12.0 Å². The van der Waals surface area contributed by atoms with Gasteiger partial charge in [0.15, 0.2) is 0 Å². The van der Waals surface area contributed by atoms with Crippen molar-refractivity contribution in [1.82, 2.24) is 5.32 Å². The van der Waals surface area contributed by atoms with Crippen LogP contribution < -0.4 is 5.32 Å². The van der Waals surface area contributed by atoms with Crippen LogP contribution in [-0.4, -0.2) is 6.04 Å². The lowest BCUT2D eigenvalue weighted by atomic mass is 9.76. The molecule has 1 nitrogen and oxygen atoms in total. The predicted molar refractivity (Wildman–Crippen MR) is 88.2 cm³/mol. The highest BCUT2D eigenvalue weighted by atomic mass is 79.9. The molecular weight excluding hydrogens is 334 g/mol. The Balaban J connectivity index is 1.52. The molecule has 1 fully saturated rings. The highest BCUT2D eigenvalue weighted by Gasteiger charge is 2.30. The molecule has 0 atom stereocenters. The Bertz CT molecular complexity index is 590. The lowest BCUT2D eigenvalue weighted by molar-refractivity contribution is 0.289. The third-order valence-corrected chi connectivity index (χ3v) is 5.11. The number of halogens is 2. The maximum Gasteiger partial charge on any atom is 0.0450 e. The predicted octanol–water partition coefficient (Wildman–Crippen LogP) is 5.14. The number of hydrogen-bond acceptors (Lipinski definition) is 1. The zero-order valence-corrected chi connectivity index (χ0v) is 13.5. The van der Waals surface area contributed by atoms with Crippen molar-refractivity contribution >= 4 is 27.5 Å². The van der Waals surface area contributed by atoms with Crippen molar-refractivity contribution in [3.8, 4) is 0 Å². The molecule has 2 aromatic rings. The van der Waals surface area contributed by atoms with Gasteiger partial charge in [-0.25, -0.2) is 0 Å². The van der Waals surface area contributed by atoms with Crippen molar-refractivity contribution in [2.75, 3.05) is 0 Å². The van der Waals surface area contributed by atoms with Gasteiger partial charge in [0.05, 0.1) is 0 Å². The van der Waals surface area contributed by atoms with E-state index in [0.717, 1.165) is 11.6 Å². The van der Waals surface area contributed by atoms with Gasteiger partial charge in [-0.05, 0) is 42.0 Å². The quantitative estimate of drug-likeness (QED) is 0.805. The third-order valence-electron chi connectivity index (χ3n) is 4.02. The second-order valence-corrected chi connectivity index (χ2v) is 6.62. The topological polar surface area (TPSA) is 12.0 Å². The lowest BCUT2D eigenvalue weighted by Gasteiger charge is -2.37. The van der Waals surface area contributed by atoms with Crippen LogP contribution in [0.2, 0.25) is 5.02 Å². The van der Waals surface area contributed by atoms with Crippen molar-refractivity contribution < 1.29 is 0 Å². The summed E-state index contributed by atoms with van der Waals surface area (Å²) in [4.78, 5) is 0. The fourth-order valence-corrected chi connectivity index (χ4v) is 3.55. The fourth-order valence-electron chi connectivity index (χ4n) is 2.74. The first-order valence-corrected chi connectivity index (χ1v) is 8.12. The maximum atomic E-state index is 6.17. The van der Waals surface area contributed by atoms with Crippen LogP contribution in [0.3, 0.4) is 0 Å². The SMILES string of the molecule is Clc1ccccc1CNC1CC(c2ccccc2Br)C1. The molecule has 0 bridgehead atoms. The summed E-state index contributed by atoms with van der Waals surface area (Å²) in [7, 11) is 0. The van der Waals surface area contributed by atoms with Crippen molar-refractivity contribution in [1.29, 1.82) is 0 Å². The van der Waals surface area contributed by atoms with E-state index in [1.54, 1.807) is 0 Å². The molecule has 3 heteroatoms. The Morgan fingerprint density at radius 2 is 1.75 bits per heavy atom. The third kappa shape index (κ3) is 3.08. The molecule has 1 saturated carbocycles. The summed E-state index contributed by atoms with van der Waals surface area (Å²) in [6.07, 6.45) is 2.40. The van der Waals surface area contributed by atoms with Crippen LogP contribution >= 0.6 is 27.5 Å². The molecule has 0 aromatic heterocycles. The monoisotopic (exact) mass is 349 g/mol. The first kappa shape index (κ1) is 14.1. The number of benzene rings is 2. The summed E-state index contributed by atoms with van der Waals surface area (Å²) in [5.74, 6) is 0.675. The highest BCUT2D eigenvalue weighted by Crippen LogP contribution is 2.40. The van der Waals surface area contributed by atoms with Crippen LogP contribution in [0.5, 0.6) is 0 Å². The molecule has 104 valence electrons. The molecule has 20 heavy (non-hydrogen) atoms. The van der Waals surface area contributed by atoms with Crippen LogP contribution in [0.25, 0.3) is 0 Å². The van der Waals surface area contributed by atoms with E-state index in [1.165, 1.54) is 28.4 Å². The standard InChI is InChI=1S/C17H17BrClN/c18-16-7-3-2-6-15(16)13-9-14(10-13)20-11-12-5-1-4-8-17(12)19/h1-8,13-14,20H,9-11H2. The second kappa shape index (κ2) is 6.30. The van der Waals surface area contributed by atoms with Gasteiger partial charge in [0, 0.05) is 22.1 Å². The summed E-state index contributed by atoms with van der Waals surface area (Å²) in [6.45, 7) is 0.854. The molecule has 0 spiro atoms. The van der Waals surface area contributed by atoms with Gasteiger partial charge in [-0.15, -0.1) is 0 Å². The van der Waals surface area contributed by atoms with E-state index in [1.807, 2.05) is 18.2 Å². The van der Waals surface area contributed by atoms with E-state index in [9.17, 15) is 0 Å².